The number of rotatable bonds is 3. The van der Waals surface area contributed by atoms with E-state index in [1.807, 2.05) is 12.1 Å². The molecule has 0 spiro atoms. The molecule has 2 rings (SSSR count). The van der Waals surface area contributed by atoms with Crippen molar-refractivity contribution in [3.8, 4) is 11.1 Å². The van der Waals surface area contributed by atoms with Crippen molar-refractivity contribution in [2.45, 2.75) is 13.3 Å². The predicted molar refractivity (Wildman–Crippen MR) is 71.2 cm³/mol. The lowest BCUT2D eigenvalue weighted by atomic mass is 10.0. The van der Waals surface area contributed by atoms with Gasteiger partial charge in [0, 0.05) is 0 Å². The zero-order valence-electron chi connectivity index (χ0n) is 9.91. The topological polar surface area (TPSA) is 0 Å². The van der Waals surface area contributed by atoms with Crippen molar-refractivity contribution < 1.29 is 4.39 Å². The summed E-state index contributed by atoms with van der Waals surface area (Å²) in [6.07, 6.45) is 0.954. The molecule has 0 radical (unpaired) electrons. The van der Waals surface area contributed by atoms with Gasteiger partial charge in [-0.25, -0.2) is 4.39 Å². The first-order valence-electron chi connectivity index (χ1n) is 5.75. The standard InChI is InChI=1S/C16H15F/c1-3-12(2)13-4-6-14(7-5-13)15-8-10-16(17)11-9-15/h4-11H,2-3H2,1H3. The Bertz CT molecular complexity index is 506. The van der Waals surface area contributed by atoms with Gasteiger partial charge in [-0.2, -0.15) is 0 Å². The van der Waals surface area contributed by atoms with E-state index in [0.29, 0.717) is 0 Å². The first-order chi connectivity index (χ1) is 8.20. The van der Waals surface area contributed by atoms with Gasteiger partial charge in [0.2, 0.25) is 0 Å². The summed E-state index contributed by atoms with van der Waals surface area (Å²) in [5.74, 6) is -0.204. The molecule has 2 aromatic rings. The molecule has 0 unspecified atom stereocenters. The maximum Gasteiger partial charge on any atom is 0.123 e. The second-order valence-corrected chi connectivity index (χ2v) is 4.04. The molecule has 0 aliphatic rings. The van der Waals surface area contributed by atoms with Crippen LogP contribution in [0, 0.1) is 5.82 Å². The fourth-order valence-corrected chi connectivity index (χ4v) is 1.74. The molecule has 0 fully saturated rings. The molecular formula is C16H15F. The largest absolute Gasteiger partial charge is 0.207 e. The van der Waals surface area contributed by atoms with Crippen LogP contribution >= 0.6 is 0 Å². The number of hydrogen-bond donors (Lipinski definition) is 0. The third kappa shape index (κ3) is 2.62. The second kappa shape index (κ2) is 4.96. The van der Waals surface area contributed by atoms with Gasteiger partial charge in [0.05, 0.1) is 0 Å². The molecule has 17 heavy (non-hydrogen) atoms. The Morgan fingerprint density at radius 3 is 1.88 bits per heavy atom. The Kier molecular flexibility index (Phi) is 3.38. The quantitative estimate of drug-likeness (QED) is 0.697. The summed E-state index contributed by atoms with van der Waals surface area (Å²) in [4.78, 5) is 0. The van der Waals surface area contributed by atoms with Crippen molar-refractivity contribution in [3.05, 3.63) is 66.5 Å². The maximum absolute atomic E-state index is 12.8. The van der Waals surface area contributed by atoms with Crippen LogP contribution in [0.1, 0.15) is 18.9 Å². The van der Waals surface area contributed by atoms with Gasteiger partial charge in [0.25, 0.3) is 0 Å². The summed E-state index contributed by atoms with van der Waals surface area (Å²) in [7, 11) is 0. The van der Waals surface area contributed by atoms with Crippen LogP contribution in [0.5, 0.6) is 0 Å². The fraction of sp³-hybridized carbons (Fsp3) is 0.125. The van der Waals surface area contributed by atoms with E-state index in [1.54, 1.807) is 12.1 Å². The van der Waals surface area contributed by atoms with Crippen LogP contribution in [0.15, 0.2) is 55.1 Å². The number of allylic oxidation sites excluding steroid dienone is 1. The molecule has 86 valence electrons. The molecule has 0 nitrogen and oxygen atoms in total. The first-order valence-corrected chi connectivity index (χ1v) is 5.75. The van der Waals surface area contributed by atoms with Gasteiger partial charge in [-0.3, -0.25) is 0 Å². The molecule has 0 bridgehead atoms. The third-order valence-corrected chi connectivity index (χ3v) is 2.90. The Morgan fingerprint density at radius 2 is 1.41 bits per heavy atom. The van der Waals surface area contributed by atoms with Crippen LogP contribution in [0.25, 0.3) is 16.7 Å². The summed E-state index contributed by atoms with van der Waals surface area (Å²) in [5.41, 5.74) is 4.42. The van der Waals surface area contributed by atoms with E-state index in [2.05, 4.69) is 25.6 Å². The van der Waals surface area contributed by atoms with Crippen molar-refractivity contribution in [1.82, 2.24) is 0 Å². The fourth-order valence-electron chi connectivity index (χ4n) is 1.74. The van der Waals surface area contributed by atoms with Gasteiger partial charge in [-0.1, -0.05) is 49.9 Å². The number of benzene rings is 2. The first kappa shape index (κ1) is 11.6. The number of halogens is 1. The lowest BCUT2D eigenvalue weighted by Gasteiger charge is -2.05. The lowest BCUT2D eigenvalue weighted by molar-refractivity contribution is 0.628. The molecule has 0 saturated carbocycles. The summed E-state index contributed by atoms with van der Waals surface area (Å²) in [6, 6.07) is 14.8. The van der Waals surface area contributed by atoms with Gasteiger partial charge in [0.15, 0.2) is 0 Å². The molecule has 0 N–H and O–H groups in total. The average molecular weight is 226 g/mol. The SMILES string of the molecule is C=C(CC)c1ccc(-c2ccc(F)cc2)cc1. The Labute approximate surface area is 101 Å². The van der Waals surface area contributed by atoms with Crippen LogP contribution in [-0.4, -0.2) is 0 Å². The van der Waals surface area contributed by atoms with E-state index >= 15 is 0 Å². The van der Waals surface area contributed by atoms with Crippen LogP contribution < -0.4 is 0 Å². The lowest BCUT2D eigenvalue weighted by Crippen LogP contribution is -1.83. The Hall–Kier alpha value is -1.89. The van der Waals surface area contributed by atoms with Crippen LogP contribution in [-0.2, 0) is 0 Å². The van der Waals surface area contributed by atoms with Crippen molar-refractivity contribution >= 4 is 5.57 Å². The summed E-state index contributed by atoms with van der Waals surface area (Å²) >= 11 is 0. The molecule has 0 amide bonds. The molecule has 1 heteroatoms. The van der Waals surface area contributed by atoms with Gasteiger partial charge in [-0.05, 0) is 40.8 Å². The molecule has 0 aliphatic carbocycles. The minimum atomic E-state index is -0.204. The van der Waals surface area contributed by atoms with Crippen molar-refractivity contribution in [1.29, 1.82) is 0 Å². The second-order valence-electron chi connectivity index (χ2n) is 4.04. The highest BCUT2D eigenvalue weighted by atomic mass is 19.1. The van der Waals surface area contributed by atoms with Gasteiger partial charge in [0.1, 0.15) is 5.82 Å². The van der Waals surface area contributed by atoms with Gasteiger partial charge in [-0.15, -0.1) is 0 Å². The van der Waals surface area contributed by atoms with E-state index in [0.717, 1.165) is 23.1 Å². The maximum atomic E-state index is 12.8. The molecule has 0 aliphatic heterocycles. The van der Waals surface area contributed by atoms with E-state index < -0.39 is 0 Å². The molecule has 2 aromatic carbocycles. The van der Waals surface area contributed by atoms with E-state index in [9.17, 15) is 4.39 Å². The highest BCUT2D eigenvalue weighted by molar-refractivity contribution is 5.69. The number of hydrogen-bond acceptors (Lipinski definition) is 0. The van der Waals surface area contributed by atoms with Gasteiger partial charge >= 0.3 is 0 Å². The highest BCUT2D eigenvalue weighted by Gasteiger charge is 2.00. The summed E-state index contributed by atoms with van der Waals surface area (Å²) < 4.78 is 12.8. The third-order valence-electron chi connectivity index (χ3n) is 2.90. The molecule has 0 heterocycles. The van der Waals surface area contributed by atoms with Crippen LogP contribution in [0.3, 0.4) is 0 Å². The summed E-state index contributed by atoms with van der Waals surface area (Å²) in [6.45, 7) is 6.10. The Balaban J connectivity index is 2.29. The normalized spacial score (nSPS) is 10.2. The van der Waals surface area contributed by atoms with Crippen molar-refractivity contribution in [3.63, 3.8) is 0 Å². The van der Waals surface area contributed by atoms with E-state index in [1.165, 1.54) is 17.7 Å². The minimum Gasteiger partial charge on any atom is -0.207 e. The van der Waals surface area contributed by atoms with E-state index in [-0.39, 0.29) is 5.82 Å². The molecular weight excluding hydrogens is 211 g/mol. The highest BCUT2D eigenvalue weighted by Crippen LogP contribution is 2.23. The average Bonchev–Trinajstić information content (AvgIpc) is 2.39. The summed E-state index contributed by atoms with van der Waals surface area (Å²) in [5, 5.41) is 0. The smallest absolute Gasteiger partial charge is 0.123 e. The molecule has 0 saturated heterocycles. The Morgan fingerprint density at radius 1 is 0.941 bits per heavy atom. The van der Waals surface area contributed by atoms with Crippen molar-refractivity contribution in [2.24, 2.45) is 0 Å². The van der Waals surface area contributed by atoms with Crippen LogP contribution in [0.2, 0.25) is 0 Å². The van der Waals surface area contributed by atoms with E-state index in [4.69, 9.17) is 0 Å². The van der Waals surface area contributed by atoms with Gasteiger partial charge < -0.3 is 0 Å². The monoisotopic (exact) mass is 226 g/mol. The van der Waals surface area contributed by atoms with Crippen LogP contribution in [0.4, 0.5) is 4.39 Å². The molecule has 0 atom stereocenters. The van der Waals surface area contributed by atoms with Crippen molar-refractivity contribution in [2.75, 3.05) is 0 Å². The zero-order chi connectivity index (χ0) is 12.3. The molecule has 0 aromatic heterocycles. The zero-order valence-corrected chi connectivity index (χ0v) is 9.91. The predicted octanol–water partition coefficient (Wildman–Crippen LogP) is 4.92. The minimum absolute atomic E-state index is 0.204.